The van der Waals surface area contributed by atoms with E-state index in [-0.39, 0.29) is 17.5 Å². The zero-order chi connectivity index (χ0) is 16.2. The van der Waals surface area contributed by atoms with E-state index in [1.54, 1.807) is 25.1 Å². The minimum atomic E-state index is -3.56. The van der Waals surface area contributed by atoms with E-state index in [0.717, 1.165) is 0 Å². The van der Waals surface area contributed by atoms with Gasteiger partial charge in [0.25, 0.3) is 0 Å². The number of aryl methyl sites for hydroxylation is 1. The van der Waals surface area contributed by atoms with Gasteiger partial charge in [-0.05, 0) is 45.1 Å². The molecular weight excluding hydrogens is 288 g/mol. The Labute approximate surface area is 128 Å². The molecule has 1 aromatic rings. The van der Waals surface area contributed by atoms with Crippen LogP contribution in [0.4, 0.5) is 0 Å². The van der Waals surface area contributed by atoms with Gasteiger partial charge in [0.1, 0.15) is 0 Å². The molecular formula is C15H26N2O3S. The average Bonchev–Trinajstić information content (AvgIpc) is 2.38. The first-order valence-electron chi connectivity index (χ1n) is 7.11. The quantitative estimate of drug-likeness (QED) is 0.827. The molecule has 0 aromatic heterocycles. The van der Waals surface area contributed by atoms with E-state index in [1.165, 1.54) is 4.31 Å². The summed E-state index contributed by atoms with van der Waals surface area (Å²) in [5, 5.41) is 9.23. The molecule has 0 saturated carbocycles. The maximum Gasteiger partial charge on any atom is 0.243 e. The highest BCUT2D eigenvalue weighted by Gasteiger charge is 2.29. The van der Waals surface area contributed by atoms with Crippen molar-refractivity contribution in [3.63, 3.8) is 0 Å². The second-order valence-corrected chi connectivity index (χ2v) is 7.44. The molecule has 0 aliphatic carbocycles. The Hall–Kier alpha value is -0.950. The number of likely N-dealkylation sites (N-methyl/N-ethyl adjacent to an activating group) is 2. The highest BCUT2D eigenvalue weighted by molar-refractivity contribution is 7.89. The molecule has 0 amide bonds. The zero-order valence-electron chi connectivity index (χ0n) is 13.5. The second kappa shape index (κ2) is 7.35. The Bertz CT molecular complexity index is 570. The summed E-state index contributed by atoms with van der Waals surface area (Å²) < 4.78 is 27.3. The van der Waals surface area contributed by atoms with Gasteiger partial charge in [0.2, 0.25) is 10.0 Å². The van der Waals surface area contributed by atoms with Crippen molar-refractivity contribution in [2.75, 3.05) is 27.2 Å². The van der Waals surface area contributed by atoms with Crippen LogP contribution in [0.25, 0.3) is 0 Å². The molecule has 0 radical (unpaired) electrons. The molecule has 120 valence electrons. The van der Waals surface area contributed by atoms with Gasteiger partial charge in [-0.15, -0.1) is 0 Å². The number of benzene rings is 1. The molecule has 1 aromatic carbocycles. The van der Waals surface area contributed by atoms with Crippen LogP contribution in [0.5, 0.6) is 0 Å². The minimum Gasteiger partial charge on any atom is -0.392 e. The molecule has 0 bridgehead atoms. The molecule has 1 atom stereocenters. The molecule has 0 aliphatic heterocycles. The lowest BCUT2D eigenvalue weighted by atomic mass is 10.2. The van der Waals surface area contributed by atoms with E-state index in [2.05, 4.69) is 0 Å². The third kappa shape index (κ3) is 4.26. The van der Waals surface area contributed by atoms with Gasteiger partial charge in [0, 0.05) is 19.1 Å². The Morgan fingerprint density at radius 2 is 1.90 bits per heavy atom. The van der Waals surface area contributed by atoms with Crippen LogP contribution in [0.1, 0.15) is 25.0 Å². The van der Waals surface area contributed by atoms with Crippen molar-refractivity contribution in [2.45, 2.75) is 38.3 Å². The smallest absolute Gasteiger partial charge is 0.243 e. The highest BCUT2D eigenvalue weighted by atomic mass is 32.2. The maximum absolute atomic E-state index is 12.9. The van der Waals surface area contributed by atoms with Crippen molar-refractivity contribution in [1.29, 1.82) is 0 Å². The van der Waals surface area contributed by atoms with Gasteiger partial charge in [0.05, 0.1) is 11.5 Å². The van der Waals surface area contributed by atoms with Crippen molar-refractivity contribution >= 4 is 10.0 Å². The molecule has 0 aliphatic rings. The lowest BCUT2D eigenvalue weighted by Gasteiger charge is -2.29. The summed E-state index contributed by atoms with van der Waals surface area (Å²) in [6.07, 6.45) is 0. The topological polar surface area (TPSA) is 60.9 Å². The fraction of sp³-hybridized carbons (Fsp3) is 0.600. The summed E-state index contributed by atoms with van der Waals surface area (Å²) >= 11 is 0. The van der Waals surface area contributed by atoms with Crippen molar-refractivity contribution in [2.24, 2.45) is 0 Å². The number of sulfonamides is 1. The summed E-state index contributed by atoms with van der Waals surface area (Å²) in [5.74, 6) is 0. The van der Waals surface area contributed by atoms with E-state index in [1.807, 2.05) is 32.8 Å². The molecule has 5 nitrogen and oxygen atoms in total. The second-order valence-electron chi connectivity index (χ2n) is 5.58. The molecule has 0 heterocycles. The lowest BCUT2D eigenvalue weighted by molar-refractivity contribution is 0.271. The molecule has 1 unspecified atom stereocenters. The molecule has 1 N–H and O–H groups in total. The molecule has 1 rings (SSSR count). The van der Waals surface area contributed by atoms with E-state index in [0.29, 0.717) is 24.2 Å². The Balaban J connectivity index is 3.24. The number of aliphatic hydroxyl groups excluding tert-OH is 1. The summed E-state index contributed by atoms with van der Waals surface area (Å²) in [4.78, 5) is 2.25. The first-order chi connectivity index (χ1) is 9.73. The Morgan fingerprint density at radius 3 is 2.38 bits per heavy atom. The van der Waals surface area contributed by atoms with E-state index < -0.39 is 10.0 Å². The van der Waals surface area contributed by atoms with Gasteiger partial charge in [-0.25, -0.2) is 8.42 Å². The van der Waals surface area contributed by atoms with Crippen LogP contribution in [0, 0.1) is 6.92 Å². The first kappa shape index (κ1) is 18.1. The summed E-state index contributed by atoms with van der Waals surface area (Å²) in [6, 6.07) is 4.93. The lowest BCUT2D eigenvalue weighted by Crippen LogP contribution is -2.43. The number of hydrogen-bond donors (Lipinski definition) is 1. The van der Waals surface area contributed by atoms with Crippen LogP contribution in [-0.2, 0) is 16.6 Å². The average molecular weight is 314 g/mol. The molecule has 0 fully saturated rings. The predicted molar refractivity (Wildman–Crippen MR) is 84.7 cm³/mol. The van der Waals surface area contributed by atoms with Crippen molar-refractivity contribution < 1.29 is 13.5 Å². The third-order valence-corrected chi connectivity index (χ3v) is 5.69. The van der Waals surface area contributed by atoms with Crippen molar-refractivity contribution in [3.05, 3.63) is 29.3 Å². The van der Waals surface area contributed by atoms with E-state index >= 15 is 0 Å². The third-order valence-electron chi connectivity index (χ3n) is 3.45. The first-order valence-corrected chi connectivity index (χ1v) is 8.55. The highest BCUT2D eigenvalue weighted by Crippen LogP contribution is 2.23. The SMILES string of the molecule is CCN(C(C)CN(C)C)S(=O)(=O)c1cc(CO)ccc1C. The molecule has 0 saturated heterocycles. The number of aliphatic hydroxyl groups is 1. The maximum atomic E-state index is 12.9. The standard InChI is InChI=1S/C15H26N2O3S/c1-6-17(13(3)10-16(4)5)21(19,20)15-9-14(11-18)8-7-12(15)2/h7-9,13,18H,6,10-11H2,1-5H3. The van der Waals surface area contributed by atoms with Gasteiger partial charge in [0.15, 0.2) is 0 Å². The predicted octanol–water partition coefficient (Wildman–Crippen LogP) is 1.45. The monoisotopic (exact) mass is 314 g/mol. The fourth-order valence-electron chi connectivity index (χ4n) is 2.49. The van der Waals surface area contributed by atoms with Crippen molar-refractivity contribution in [1.82, 2.24) is 9.21 Å². The molecule has 6 heteroatoms. The van der Waals surface area contributed by atoms with Crippen LogP contribution in [-0.4, -0.2) is 56.0 Å². The molecule has 0 spiro atoms. The van der Waals surface area contributed by atoms with Crippen molar-refractivity contribution in [3.8, 4) is 0 Å². The Morgan fingerprint density at radius 1 is 1.29 bits per heavy atom. The van der Waals surface area contributed by atoms with E-state index in [4.69, 9.17) is 0 Å². The largest absolute Gasteiger partial charge is 0.392 e. The fourth-order valence-corrected chi connectivity index (χ4v) is 4.39. The van der Waals surface area contributed by atoms with Crippen LogP contribution in [0.15, 0.2) is 23.1 Å². The van der Waals surface area contributed by atoms with Gasteiger partial charge in [-0.3, -0.25) is 0 Å². The zero-order valence-corrected chi connectivity index (χ0v) is 14.3. The summed E-state index contributed by atoms with van der Waals surface area (Å²) in [5.41, 5.74) is 1.30. The van der Waals surface area contributed by atoms with Gasteiger partial charge < -0.3 is 10.0 Å². The number of hydrogen-bond acceptors (Lipinski definition) is 4. The van der Waals surface area contributed by atoms with Gasteiger partial charge in [-0.1, -0.05) is 19.1 Å². The number of nitrogens with zero attached hydrogens (tertiary/aromatic N) is 2. The normalized spacial score (nSPS) is 13.9. The summed E-state index contributed by atoms with van der Waals surface area (Å²) in [7, 11) is 0.287. The van der Waals surface area contributed by atoms with Gasteiger partial charge in [-0.2, -0.15) is 4.31 Å². The molecule has 21 heavy (non-hydrogen) atoms. The van der Waals surface area contributed by atoms with E-state index in [9.17, 15) is 13.5 Å². The Kier molecular flexibility index (Phi) is 6.34. The van der Waals surface area contributed by atoms with Crippen LogP contribution >= 0.6 is 0 Å². The summed E-state index contributed by atoms with van der Waals surface area (Å²) in [6.45, 7) is 6.44. The van der Waals surface area contributed by atoms with Crippen LogP contribution in [0.2, 0.25) is 0 Å². The van der Waals surface area contributed by atoms with Crippen LogP contribution in [0.3, 0.4) is 0 Å². The number of rotatable bonds is 7. The van der Waals surface area contributed by atoms with Gasteiger partial charge >= 0.3 is 0 Å². The van der Waals surface area contributed by atoms with Crippen LogP contribution < -0.4 is 0 Å². The minimum absolute atomic E-state index is 0.118.